The minimum atomic E-state index is -0.143. The van der Waals surface area contributed by atoms with E-state index in [-0.39, 0.29) is 5.91 Å². The minimum absolute atomic E-state index is 0.143. The minimum Gasteiger partial charge on any atom is -0.323 e. The third-order valence-electron chi connectivity index (χ3n) is 3.35. The van der Waals surface area contributed by atoms with Crippen molar-refractivity contribution < 1.29 is 4.79 Å². The van der Waals surface area contributed by atoms with Crippen LogP contribution in [-0.4, -0.2) is 5.91 Å². The molecule has 0 fully saturated rings. The molecule has 1 N–H and O–H groups in total. The van der Waals surface area contributed by atoms with Gasteiger partial charge in [0.15, 0.2) is 0 Å². The number of hydrogen-bond acceptors (Lipinski definition) is 1. The van der Waals surface area contributed by atoms with Gasteiger partial charge in [-0.25, -0.2) is 0 Å². The second-order valence-electron chi connectivity index (χ2n) is 4.90. The molecule has 0 spiro atoms. The van der Waals surface area contributed by atoms with Crippen LogP contribution < -0.4 is 5.32 Å². The Hall–Kier alpha value is -2.39. The summed E-state index contributed by atoms with van der Waals surface area (Å²) in [5.41, 5.74) is 1.81. The summed E-state index contributed by atoms with van der Waals surface area (Å²) >= 11 is 3.37. The lowest BCUT2D eigenvalue weighted by molar-refractivity contribution is -0.111. The van der Waals surface area contributed by atoms with Crippen LogP contribution in [0.4, 0.5) is 5.69 Å². The van der Waals surface area contributed by atoms with E-state index in [1.165, 1.54) is 0 Å². The van der Waals surface area contributed by atoms with Gasteiger partial charge in [0.1, 0.15) is 0 Å². The first-order chi connectivity index (χ1) is 10.7. The molecule has 3 aromatic carbocycles. The fraction of sp³-hybridized carbons (Fsp3) is 0. The SMILES string of the molecule is O=C(/C=C/c1cccc2ccccc12)Nc1ccc(Br)cc1. The molecule has 0 saturated carbocycles. The quantitative estimate of drug-likeness (QED) is 0.641. The van der Waals surface area contributed by atoms with Gasteiger partial charge in [-0.3, -0.25) is 4.79 Å². The van der Waals surface area contributed by atoms with Crippen molar-refractivity contribution in [3.63, 3.8) is 0 Å². The highest BCUT2D eigenvalue weighted by molar-refractivity contribution is 9.10. The second kappa shape index (κ2) is 6.58. The van der Waals surface area contributed by atoms with Gasteiger partial charge in [-0.2, -0.15) is 0 Å². The summed E-state index contributed by atoms with van der Waals surface area (Å²) in [7, 11) is 0. The van der Waals surface area contributed by atoms with Crippen molar-refractivity contribution in [2.75, 3.05) is 5.32 Å². The van der Waals surface area contributed by atoms with Crippen molar-refractivity contribution in [1.29, 1.82) is 0 Å². The van der Waals surface area contributed by atoms with Crippen LogP contribution in [0.2, 0.25) is 0 Å². The molecule has 0 unspecified atom stereocenters. The van der Waals surface area contributed by atoms with Gasteiger partial charge in [0, 0.05) is 16.2 Å². The average Bonchev–Trinajstić information content (AvgIpc) is 2.55. The molecule has 0 aliphatic rings. The van der Waals surface area contributed by atoms with Crippen molar-refractivity contribution in [2.24, 2.45) is 0 Å². The largest absolute Gasteiger partial charge is 0.323 e. The molecule has 0 aliphatic carbocycles. The van der Waals surface area contributed by atoms with Gasteiger partial charge in [-0.15, -0.1) is 0 Å². The molecule has 1 amide bonds. The van der Waals surface area contributed by atoms with Gasteiger partial charge >= 0.3 is 0 Å². The van der Waals surface area contributed by atoms with Crippen molar-refractivity contribution >= 4 is 44.4 Å². The number of amides is 1. The maximum atomic E-state index is 12.0. The van der Waals surface area contributed by atoms with E-state index in [9.17, 15) is 4.79 Å². The Morgan fingerprint density at radius 1 is 0.909 bits per heavy atom. The van der Waals surface area contributed by atoms with Crippen molar-refractivity contribution in [3.8, 4) is 0 Å². The monoisotopic (exact) mass is 351 g/mol. The van der Waals surface area contributed by atoms with E-state index in [4.69, 9.17) is 0 Å². The molecule has 3 rings (SSSR count). The van der Waals surface area contributed by atoms with Crippen LogP contribution >= 0.6 is 15.9 Å². The zero-order chi connectivity index (χ0) is 15.4. The summed E-state index contributed by atoms with van der Waals surface area (Å²) in [4.78, 5) is 12.0. The fourth-order valence-corrected chi connectivity index (χ4v) is 2.54. The van der Waals surface area contributed by atoms with E-state index in [2.05, 4.69) is 39.4 Å². The van der Waals surface area contributed by atoms with E-state index < -0.39 is 0 Å². The van der Waals surface area contributed by atoms with E-state index in [0.29, 0.717) is 0 Å². The number of carbonyl (C=O) groups excluding carboxylic acids is 1. The Balaban J connectivity index is 1.78. The summed E-state index contributed by atoms with van der Waals surface area (Å²) in [6, 6.07) is 21.7. The lowest BCUT2D eigenvalue weighted by atomic mass is 10.0. The van der Waals surface area contributed by atoms with E-state index >= 15 is 0 Å². The molecule has 22 heavy (non-hydrogen) atoms. The smallest absolute Gasteiger partial charge is 0.248 e. The Labute approximate surface area is 137 Å². The topological polar surface area (TPSA) is 29.1 Å². The average molecular weight is 352 g/mol. The number of anilines is 1. The highest BCUT2D eigenvalue weighted by atomic mass is 79.9. The number of carbonyl (C=O) groups is 1. The van der Waals surface area contributed by atoms with Gasteiger partial charge < -0.3 is 5.32 Å². The predicted octanol–water partition coefficient (Wildman–Crippen LogP) is 5.25. The van der Waals surface area contributed by atoms with Crippen LogP contribution in [0.3, 0.4) is 0 Å². The molecule has 0 radical (unpaired) electrons. The van der Waals surface area contributed by atoms with Crippen molar-refractivity contribution in [2.45, 2.75) is 0 Å². The van der Waals surface area contributed by atoms with Crippen molar-refractivity contribution in [1.82, 2.24) is 0 Å². The molecule has 3 aromatic rings. The zero-order valence-corrected chi connectivity index (χ0v) is 13.4. The Morgan fingerprint density at radius 2 is 1.64 bits per heavy atom. The summed E-state index contributed by atoms with van der Waals surface area (Å²) in [5, 5.41) is 5.14. The van der Waals surface area contributed by atoms with Crippen molar-refractivity contribution in [3.05, 3.63) is 82.8 Å². The van der Waals surface area contributed by atoms with Crippen LogP contribution in [0.25, 0.3) is 16.8 Å². The number of benzene rings is 3. The standard InChI is InChI=1S/C19H14BrNO/c20-16-9-11-17(12-10-16)21-19(22)13-8-15-6-3-5-14-4-1-2-7-18(14)15/h1-13H,(H,21,22)/b13-8+. The Kier molecular flexibility index (Phi) is 4.35. The molecule has 3 heteroatoms. The van der Waals surface area contributed by atoms with Gasteiger partial charge in [-0.05, 0) is 46.7 Å². The van der Waals surface area contributed by atoms with E-state index in [0.717, 1.165) is 26.5 Å². The van der Waals surface area contributed by atoms with Crippen LogP contribution in [0.15, 0.2) is 77.3 Å². The van der Waals surface area contributed by atoms with Gasteiger partial charge in [0.25, 0.3) is 0 Å². The van der Waals surface area contributed by atoms with Crippen LogP contribution in [-0.2, 0) is 4.79 Å². The summed E-state index contributed by atoms with van der Waals surface area (Å²) in [6.45, 7) is 0. The maximum absolute atomic E-state index is 12.0. The second-order valence-corrected chi connectivity index (χ2v) is 5.81. The first-order valence-corrected chi connectivity index (χ1v) is 7.74. The maximum Gasteiger partial charge on any atom is 0.248 e. The molecule has 0 heterocycles. The molecule has 0 atom stereocenters. The highest BCUT2D eigenvalue weighted by Gasteiger charge is 2.00. The molecular formula is C19H14BrNO. The number of nitrogens with one attached hydrogen (secondary N) is 1. The molecule has 108 valence electrons. The van der Waals surface area contributed by atoms with Gasteiger partial charge in [0.2, 0.25) is 5.91 Å². The normalized spacial score (nSPS) is 11.0. The first-order valence-electron chi connectivity index (χ1n) is 6.95. The highest BCUT2D eigenvalue weighted by Crippen LogP contribution is 2.19. The van der Waals surface area contributed by atoms with Crippen LogP contribution in [0, 0.1) is 0 Å². The van der Waals surface area contributed by atoms with Gasteiger partial charge in [-0.1, -0.05) is 58.4 Å². The van der Waals surface area contributed by atoms with Crippen LogP contribution in [0.5, 0.6) is 0 Å². The molecule has 0 aromatic heterocycles. The molecule has 0 saturated heterocycles. The molecule has 0 bridgehead atoms. The lowest BCUT2D eigenvalue weighted by Crippen LogP contribution is -2.07. The summed E-state index contributed by atoms with van der Waals surface area (Å²) in [6.07, 6.45) is 3.40. The summed E-state index contributed by atoms with van der Waals surface area (Å²) in [5.74, 6) is -0.143. The fourth-order valence-electron chi connectivity index (χ4n) is 2.28. The number of hydrogen-bond donors (Lipinski definition) is 1. The Bertz CT molecular complexity index is 832. The third-order valence-corrected chi connectivity index (χ3v) is 3.88. The zero-order valence-electron chi connectivity index (χ0n) is 11.8. The molecule has 2 nitrogen and oxygen atoms in total. The lowest BCUT2D eigenvalue weighted by Gasteiger charge is -2.03. The first kappa shape index (κ1) is 14.5. The van der Waals surface area contributed by atoms with Gasteiger partial charge in [0.05, 0.1) is 0 Å². The number of rotatable bonds is 3. The third kappa shape index (κ3) is 3.43. The summed E-state index contributed by atoms with van der Waals surface area (Å²) < 4.78 is 0.983. The number of halogens is 1. The molecular weight excluding hydrogens is 338 g/mol. The predicted molar refractivity (Wildman–Crippen MR) is 95.8 cm³/mol. The molecule has 0 aliphatic heterocycles. The van der Waals surface area contributed by atoms with Crippen LogP contribution in [0.1, 0.15) is 5.56 Å². The van der Waals surface area contributed by atoms with E-state index in [1.807, 2.05) is 54.6 Å². The Morgan fingerprint density at radius 3 is 2.45 bits per heavy atom. The number of fused-ring (bicyclic) bond motifs is 1. The van der Waals surface area contributed by atoms with E-state index in [1.54, 1.807) is 6.08 Å².